The second-order valence-corrected chi connectivity index (χ2v) is 1.80. The largest absolute Gasteiger partial charge is 0.394 e. The summed E-state index contributed by atoms with van der Waals surface area (Å²) in [5.74, 6) is 0. The fraction of sp³-hybridized carbons (Fsp3) is 0.333. The maximum Gasteiger partial charge on any atom is 0.162 e. The van der Waals surface area contributed by atoms with Crippen LogP contribution in [0.3, 0.4) is 0 Å². The Labute approximate surface area is 58.3 Å². The van der Waals surface area contributed by atoms with E-state index in [1.807, 2.05) is 6.07 Å². The molecule has 0 saturated heterocycles. The van der Waals surface area contributed by atoms with Gasteiger partial charge >= 0.3 is 0 Å². The normalized spacial score (nSPS) is 9.20. The lowest BCUT2D eigenvalue weighted by molar-refractivity contribution is 0.269. The van der Waals surface area contributed by atoms with Crippen molar-refractivity contribution in [2.24, 2.45) is 0 Å². The fourth-order valence-electron chi connectivity index (χ4n) is 0.648. The van der Waals surface area contributed by atoms with E-state index in [0.29, 0.717) is 12.2 Å². The van der Waals surface area contributed by atoms with Crippen LogP contribution in [0.4, 0.5) is 0 Å². The van der Waals surface area contributed by atoms with Gasteiger partial charge in [-0.1, -0.05) is 0 Å². The predicted molar refractivity (Wildman–Crippen MR) is 34.0 cm³/mol. The van der Waals surface area contributed by atoms with Crippen LogP contribution in [0.5, 0.6) is 0 Å². The van der Waals surface area contributed by atoms with Crippen LogP contribution in [0.1, 0.15) is 5.69 Å². The van der Waals surface area contributed by atoms with Crippen LogP contribution in [0, 0.1) is 11.3 Å². The van der Waals surface area contributed by atoms with Crippen LogP contribution >= 0.6 is 0 Å². The van der Waals surface area contributed by atoms with Crippen LogP contribution in [-0.4, -0.2) is 21.5 Å². The quantitative estimate of drug-likeness (QED) is 0.611. The number of hydrogen-bond donors (Lipinski definition) is 1. The van der Waals surface area contributed by atoms with E-state index in [1.54, 1.807) is 12.3 Å². The number of nitrogens with zero attached hydrogens (tertiary/aromatic N) is 3. The monoisotopic (exact) mass is 137 g/mol. The van der Waals surface area contributed by atoms with Gasteiger partial charge in [-0.05, 0) is 6.07 Å². The summed E-state index contributed by atoms with van der Waals surface area (Å²) in [6.07, 6.45) is 1.66. The van der Waals surface area contributed by atoms with Gasteiger partial charge in [-0.2, -0.15) is 10.4 Å². The molecule has 1 aromatic heterocycles. The van der Waals surface area contributed by atoms with Gasteiger partial charge < -0.3 is 5.11 Å². The molecule has 4 nitrogen and oxygen atoms in total. The highest BCUT2D eigenvalue weighted by Crippen LogP contribution is 1.91. The van der Waals surface area contributed by atoms with E-state index in [2.05, 4.69) is 5.10 Å². The molecule has 4 heteroatoms. The first-order valence-corrected chi connectivity index (χ1v) is 2.91. The van der Waals surface area contributed by atoms with Crippen molar-refractivity contribution in [3.63, 3.8) is 0 Å². The minimum absolute atomic E-state index is 0.0482. The Balaban J connectivity index is 2.71. The van der Waals surface area contributed by atoms with Crippen molar-refractivity contribution in [1.82, 2.24) is 9.78 Å². The SMILES string of the molecule is N#Cc1ccn(CCO)n1. The van der Waals surface area contributed by atoms with E-state index in [0.717, 1.165) is 0 Å². The van der Waals surface area contributed by atoms with Gasteiger partial charge in [0.15, 0.2) is 5.69 Å². The van der Waals surface area contributed by atoms with Crippen molar-refractivity contribution in [3.05, 3.63) is 18.0 Å². The molecule has 0 aliphatic carbocycles. The zero-order valence-corrected chi connectivity index (χ0v) is 5.36. The van der Waals surface area contributed by atoms with Crippen molar-refractivity contribution in [3.8, 4) is 6.07 Å². The second kappa shape index (κ2) is 2.99. The Kier molecular flexibility index (Phi) is 2.03. The minimum Gasteiger partial charge on any atom is -0.394 e. The number of hydrogen-bond acceptors (Lipinski definition) is 3. The zero-order valence-electron chi connectivity index (χ0n) is 5.36. The number of aliphatic hydroxyl groups excluding tert-OH is 1. The molecule has 0 amide bonds. The third-order valence-electron chi connectivity index (χ3n) is 1.08. The van der Waals surface area contributed by atoms with E-state index in [4.69, 9.17) is 10.4 Å². The molecule has 0 atom stereocenters. The average molecular weight is 137 g/mol. The highest BCUT2D eigenvalue weighted by Gasteiger charge is 1.93. The Morgan fingerprint density at radius 2 is 2.60 bits per heavy atom. The van der Waals surface area contributed by atoms with Crippen molar-refractivity contribution in [1.29, 1.82) is 5.26 Å². The molecule has 0 bridgehead atoms. The van der Waals surface area contributed by atoms with Crippen LogP contribution in [-0.2, 0) is 6.54 Å². The Morgan fingerprint density at radius 1 is 1.80 bits per heavy atom. The summed E-state index contributed by atoms with van der Waals surface area (Å²) in [5.41, 5.74) is 0.383. The second-order valence-electron chi connectivity index (χ2n) is 1.80. The first kappa shape index (κ1) is 6.78. The molecule has 0 fully saturated rings. The summed E-state index contributed by atoms with van der Waals surface area (Å²) in [5, 5.41) is 20.6. The molecular formula is C6H7N3O. The van der Waals surface area contributed by atoms with E-state index >= 15 is 0 Å². The average Bonchev–Trinajstić information content (AvgIpc) is 2.37. The molecule has 0 saturated carbocycles. The van der Waals surface area contributed by atoms with Gasteiger partial charge in [0, 0.05) is 6.20 Å². The molecule has 52 valence electrons. The highest BCUT2D eigenvalue weighted by atomic mass is 16.3. The van der Waals surface area contributed by atoms with Crippen LogP contribution in [0.25, 0.3) is 0 Å². The molecule has 10 heavy (non-hydrogen) atoms. The van der Waals surface area contributed by atoms with Gasteiger partial charge in [-0.15, -0.1) is 0 Å². The first-order valence-electron chi connectivity index (χ1n) is 2.91. The van der Waals surface area contributed by atoms with Crippen molar-refractivity contribution in [2.75, 3.05) is 6.61 Å². The standard InChI is InChI=1S/C6H7N3O/c7-5-6-1-2-9(8-6)3-4-10/h1-2,10H,3-4H2. The minimum atomic E-state index is 0.0482. The number of rotatable bonds is 2. The molecular weight excluding hydrogens is 130 g/mol. The van der Waals surface area contributed by atoms with E-state index in [1.165, 1.54) is 4.68 Å². The Bertz CT molecular complexity index is 248. The molecule has 0 unspecified atom stereocenters. The van der Waals surface area contributed by atoms with Crippen LogP contribution in [0.15, 0.2) is 12.3 Å². The van der Waals surface area contributed by atoms with Gasteiger partial charge in [0.1, 0.15) is 6.07 Å². The summed E-state index contributed by atoms with van der Waals surface area (Å²) in [7, 11) is 0. The number of nitriles is 1. The zero-order chi connectivity index (χ0) is 7.40. The van der Waals surface area contributed by atoms with E-state index < -0.39 is 0 Å². The molecule has 1 heterocycles. The van der Waals surface area contributed by atoms with Gasteiger partial charge in [-0.3, -0.25) is 4.68 Å². The fourth-order valence-corrected chi connectivity index (χ4v) is 0.648. The summed E-state index contributed by atoms with van der Waals surface area (Å²) in [4.78, 5) is 0. The molecule has 0 aromatic carbocycles. The number of aromatic nitrogens is 2. The molecule has 0 aliphatic heterocycles. The predicted octanol–water partition coefficient (Wildman–Crippen LogP) is -0.253. The molecule has 0 aliphatic rings. The molecule has 1 aromatic rings. The summed E-state index contributed by atoms with van der Waals surface area (Å²) in [6, 6.07) is 3.50. The van der Waals surface area contributed by atoms with Crippen LogP contribution in [0.2, 0.25) is 0 Å². The maximum absolute atomic E-state index is 8.46. The van der Waals surface area contributed by atoms with Crippen molar-refractivity contribution >= 4 is 0 Å². The molecule has 0 spiro atoms. The van der Waals surface area contributed by atoms with Crippen molar-refractivity contribution < 1.29 is 5.11 Å². The van der Waals surface area contributed by atoms with Gasteiger partial charge in [-0.25, -0.2) is 0 Å². The topological polar surface area (TPSA) is 61.8 Å². The smallest absolute Gasteiger partial charge is 0.162 e. The van der Waals surface area contributed by atoms with E-state index in [9.17, 15) is 0 Å². The lowest BCUT2D eigenvalue weighted by Crippen LogP contribution is -2.02. The highest BCUT2D eigenvalue weighted by molar-refractivity contribution is 5.16. The molecule has 1 N–H and O–H groups in total. The van der Waals surface area contributed by atoms with Gasteiger partial charge in [0.2, 0.25) is 0 Å². The Morgan fingerprint density at radius 3 is 3.10 bits per heavy atom. The van der Waals surface area contributed by atoms with Gasteiger partial charge in [0.25, 0.3) is 0 Å². The summed E-state index contributed by atoms with van der Waals surface area (Å²) < 4.78 is 1.53. The van der Waals surface area contributed by atoms with Gasteiger partial charge in [0.05, 0.1) is 13.2 Å². The van der Waals surface area contributed by atoms with Crippen molar-refractivity contribution in [2.45, 2.75) is 6.54 Å². The molecule has 1 rings (SSSR count). The lowest BCUT2D eigenvalue weighted by Gasteiger charge is -1.92. The Hall–Kier alpha value is -1.34. The summed E-state index contributed by atoms with van der Waals surface area (Å²) >= 11 is 0. The maximum atomic E-state index is 8.46. The molecule has 0 radical (unpaired) electrons. The first-order chi connectivity index (χ1) is 4.86. The summed E-state index contributed by atoms with van der Waals surface area (Å²) in [6.45, 7) is 0.494. The van der Waals surface area contributed by atoms with Crippen LogP contribution < -0.4 is 0 Å². The third kappa shape index (κ3) is 1.33. The third-order valence-corrected chi connectivity index (χ3v) is 1.08. The lowest BCUT2D eigenvalue weighted by atomic mass is 10.5. The van der Waals surface area contributed by atoms with E-state index in [-0.39, 0.29) is 6.61 Å². The number of aliphatic hydroxyl groups is 1.